The van der Waals surface area contributed by atoms with Crippen molar-refractivity contribution in [3.8, 4) is 0 Å². The third-order valence-corrected chi connectivity index (χ3v) is 4.29. The number of piperidine rings is 1. The molecule has 3 unspecified atom stereocenters. The van der Waals surface area contributed by atoms with Gasteiger partial charge >= 0.3 is 0 Å². The standard InChI is InChI=1S/C13H26N2O/c1-11-4-7-15(10-13(11)16-2)8-5-12-3-6-14-9-12/h11-14H,3-10H2,1-2H3. The Balaban J connectivity index is 1.69. The number of likely N-dealkylation sites (tertiary alicyclic amines) is 1. The zero-order chi connectivity index (χ0) is 11.4. The van der Waals surface area contributed by atoms with Crippen molar-refractivity contribution in [3.63, 3.8) is 0 Å². The average Bonchev–Trinajstić information content (AvgIpc) is 2.81. The number of methoxy groups -OCH3 is 1. The first-order valence-electron chi connectivity index (χ1n) is 6.75. The molecule has 0 aromatic carbocycles. The lowest BCUT2D eigenvalue weighted by Gasteiger charge is -2.36. The molecule has 2 aliphatic heterocycles. The molecule has 0 saturated carbocycles. The van der Waals surface area contributed by atoms with Gasteiger partial charge in [0.25, 0.3) is 0 Å². The van der Waals surface area contributed by atoms with Crippen molar-refractivity contribution < 1.29 is 4.74 Å². The smallest absolute Gasteiger partial charge is 0.0724 e. The van der Waals surface area contributed by atoms with Crippen LogP contribution in [0.4, 0.5) is 0 Å². The highest BCUT2D eigenvalue weighted by Gasteiger charge is 2.26. The molecule has 94 valence electrons. The van der Waals surface area contributed by atoms with Gasteiger partial charge in [0.2, 0.25) is 0 Å². The molecule has 2 saturated heterocycles. The van der Waals surface area contributed by atoms with Crippen LogP contribution in [0.2, 0.25) is 0 Å². The van der Waals surface area contributed by atoms with Crippen LogP contribution in [0.1, 0.15) is 26.2 Å². The molecule has 0 radical (unpaired) electrons. The van der Waals surface area contributed by atoms with E-state index in [0.717, 1.165) is 18.4 Å². The van der Waals surface area contributed by atoms with Gasteiger partial charge in [-0.15, -0.1) is 0 Å². The van der Waals surface area contributed by atoms with E-state index in [1.54, 1.807) is 0 Å². The molecule has 0 aromatic rings. The van der Waals surface area contributed by atoms with Gasteiger partial charge in [-0.1, -0.05) is 6.92 Å². The van der Waals surface area contributed by atoms with Crippen molar-refractivity contribution >= 4 is 0 Å². The van der Waals surface area contributed by atoms with E-state index >= 15 is 0 Å². The summed E-state index contributed by atoms with van der Waals surface area (Å²) < 4.78 is 5.55. The van der Waals surface area contributed by atoms with Crippen LogP contribution >= 0.6 is 0 Å². The largest absolute Gasteiger partial charge is 0.380 e. The van der Waals surface area contributed by atoms with Gasteiger partial charge in [-0.3, -0.25) is 0 Å². The highest BCUT2D eigenvalue weighted by atomic mass is 16.5. The minimum atomic E-state index is 0.454. The number of rotatable bonds is 4. The molecule has 2 rings (SSSR count). The summed E-state index contributed by atoms with van der Waals surface area (Å²) in [6.45, 7) is 8.44. The summed E-state index contributed by atoms with van der Waals surface area (Å²) in [4.78, 5) is 2.59. The Kier molecular flexibility index (Phi) is 4.62. The van der Waals surface area contributed by atoms with Gasteiger partial charge in [0.05, 0.1) is 6.10 Å². The summed E-state index contributed by atoms with van der Waals surface area (Å²) in [5.41, 5.74) is 0. The van der Waals surface area contributed by atoms with Gasteiger partial charge < -0.3 is 15.0 Å². The summed E-state index contributed by atoms with van der Waals surface area (Å²) in [6, 6.07) is 0. The zero-order valence-electron chi connectivity index (χ0n) is 10.7. The second kappa shape index (κ2) is 5.99. The predicted octanol–water partition coefficient (Wildman–Crippen LogP) is 1.34. The summed E-state index contributed by atoms with van der Waals surface area (Å²) in [7, 11) is 1.85. The van der Waals surface area contributed by atoms with Gasteiger partial charge in [-0.25, -0.2) is 0 Å². The first-order valence-corrected chi connectivity index (χ1v) is 6.75. The van der Waals surface area contributed by atoms with Crippen molar-refractivity contribution in [1.82, 2.24) is 10.2 Å². The molecule has 16 heavy (non-hydrogen) atoms. The molecule has 0 aliphatic carbocycles. The van der Waals surface area contributed by atoms with E-state index in [2.05, 4.69) is 17.1 Å². The monoisotopic (exact) mass is 226 g/mol. The third kappa shape index (κ3) is 3.19. The highest BCUT2D eigenvalue weighted by Crippen LogP contribution is 2.21. The zero-order valence-corrected chi connectivity index (χ0v) is 10.7. The van der Waals surface area contributed by atoms with Crippen LogP contribution in [0.3, 0.4) is 0 Å². The van der Waals surface area contributed by atoms with Crippen molar-refractivity contribution in [2.45, 2.75) is 32.3 Å². The maximum atomic E-state index is 5.55. The maximum Gasteiger partial charge on any atom is 0.0724 e. The van der Waals surface area contributed by atoms with Crippen molar-refractivity contribution in [1.29, 1.82) is 0 Å². The number of hydrogen-bond donors (Lipinski definition) is 1. The van der Waals surface area contributed by atoms with Gasteiger partial charge in [0.1, 0.15) is 0 Å². The first kappa shape index (κ1) is 12.3. The first-order chi connectivity index (χ1) is 7.79. The topological polar surface area (TPSA) is 24.5 Å². The number of nitrogens with one attached hydrogen (secondary N) is 1. The maximum absolute atomic E-state index is 5.55. The van der Waals surface area contributed by atoms with Gasteiger partial charge in [-0.2, -0.15) is 0 Å². The molecule has 0 amide bonds. The quantitative estimate of drug-likeness (QED) is 0.783. The molecule has 0 spiro atoms. The van der Waals surface area contributed by atoms with Crippen LogP contribution in [0.25, 0.3) is 0 Å². The fourth-order valence-corrected chi connectivity index (χ4v) is 2.93. The van der Waals surface area contributed by atoms with E-state index in [9.17, 15) is 0 Å². The minimum absolute atomic E-state index is 0.454. The Morgan fingerprint density at radius 1 is 1.38 bits per heavy atom. The van der Waals surface area contributed by atoms with Crippen LogP contribution in [0.15, 0.2) is 0 Å². The molecule has 2 fully saturated rings. The number of hydrogen-bond acceptors (Lipinski definition) is 3. The van der Waals surface area contributed by atoms with E-state index < -0.39 is 0 Å². The second-order valence-corrected chi connectivity index (χ2v) is 5.49. The van der Waals surface area contributed by atoms with Crippen molar-refractivity contribution in [2.75, 3.05) is 39.8 Å². The van der Waals surface area contributed by atoms with E-state index in [1.807, 2.05) is 7.11 Å². The molecule has 3 nitrogen and oxygen atoms in total. The second-order valence-electron chi connectivity index (χ2n) is 5.49. The van der Waals surface area contributed by atoms with Crippen LogP contribution in [0, 0.1) is 11.8 Å². The predicted molar refractivity (Wildman–Crippen MR) is 66.6 cm³/mol. The minimum Gasteiger partial charge on any atom is -0.380 e. The molecular formula is C13H26N2O. The molecule has 3 atom stereocenters. The summed E-state index contributed by atoms with van der Waals surface area (Å²) in [5, 5.41) is 3.44. The van der Waals surface area contributed by atoms with Crippen LogP contribution in [-0.4, -0.2) is 50.8 Å². The summed E-state index contributed by atoms with van der Waals surface area (Å²) in [6.07, 6.45) is 4.48. The van der Waals surface area contributed by atoms with Crippen LogP contribution < -0.4 is 5.32 Å². The highest BCUT2D eigenvalue weighted by molar-refractivity contribution is 4.80. The van der Waals surface area contributed by atoms with E-state index in [-0.39, 0.29) is 0 Å². The van der Waals surface area contributed by atoms with E-state index in [4.69, 9.17) is 4.74 Å². The Bertz CT molecular complexity index is 204. The third-order valence-electron chi connectivity index (χ3n) is 4.29. The van der Waals surface area contributed by atoms with Gasteiger partial charge in [0, 0.05) is 13.7 Å². The average molecular weight is 226 g/mol. The van der Waals surface area contributed by atoms with Gasteiger partial charge in [0.15, 0.2) is 0 Å². The number of nitrogens with zero attached hydrogens (tertiary/aromatic N) is 1. The molecular weight excluding hydrogens is 200 g/mol. The summed E-state index contributed by atoms with van der Waals surface area (Å²) in [5.74, 6) is 1.65. The molecule has 1 N–H and O–H groups in total. The lowest BCUT2D eigenvalue weighted by Crippen LogP contribution is -2.44. The Morgan fingerprint density at radius 2 is 2.25 bits per heavy atom. The fraction of sp³-hybridized carbons (Fsp3) is 1.00. The SMILES string of the molecule is COC1CN(CCC2CCNC2)CCC1C. The van der Waals surface area contributed by atoms with E-state index in [0.29, 0.717) is 6.10 Å². The van der Waals surface area contributed by atoms with Crippen LogP contribution in [-0.2, 0) is 4.74 Å². The van der Waals surface area contributed by atoms with Crippen LogP contribution in [0.5, 0.6) is 0 Å². The lowest BCUT2D eigenvalue weighted by molar-refractivity contribution is -0.00607. The van der Waals surface area contributed by atoms with Gasteiger partial charge in [-0.05, 0) is 57.3 Å². The van der Waals surface area contributed by atoms with E-state index in [1.165, 1.54) is 45.4 Å². The Hall–Kier alpha value is -0.120. The molecule has 2 aliphatic rings. The molecule has 3 heteroatoms. The Morgan fingerprint density at radius 3 is 2.94 bits per heavy atom. The lowest BCUT2D eigenvalue weighted by atomic mass is 9.95. The van der Waals surface area contributed by atoms with Crippen molar-refractivity contribution in [2.24, 2.45) is 11.8 Å². The normalized spacial score (nSPS) is 36.8. The van der Waals surface area contributed by atoms with Crippen molar-refractivity contribution in [3.05, 3.63) is 0 Å². The summed E-state index contributed by atoms with van der Waals surface area (Å²) >= 11 is 0. The Labute approximate surface area is 99.5 Å². The number of ether oxygens (including phenoxy) is 1. The molecule has 0 bridgehead atoms. The molecule has 0 aromatic heterocycles. The molecule has 2 heterocycles. The fourth-order valence-electron chi connectivity index (χ4n) is 2.93.